The Balaban J connectivity index is 1.60. The molecule has 1 N–H and O–H groups in total. The van der Waals surface area contributed by atoms with E-state index in [0.29, 0.717) is 25.0 Å². The minimum absolute atomic E-state index is 0.0117. The molecule has 3 aromatic carbocycles. The summed E-state index contributed by atoms with van der Waals surface area (Å²) in [6.45, 7) is 6.59. The molecule has 2 aliphatic rings. The van der Waals surface area contributed by atoms with Crippen LogP contribution in [-0.4, -0.2) is 18.3 Å². The standard InChI is InChI=1S/C34H37FN2O3/c1-4-5-8-19-40-27-17-13-24(14-18-27)33-32-29(20-25(21-31(32)38)23-11-15-26(35)16-12-23)36-28-9-6-7-10-30(28)37(33)34(39)22(2)3/h6-7,9-18,22,25,33,36H,4-5,8,19-21H2,1-3H3. The fourth-order valence-electron chi connectivity index (χ4n) is 5.69. The molecule has 6 heteroatoms. The molecule has 1 heterocycles. The zero-order valence-electron chi connectivity index (χ0n) is 23.5. The lowest BCUT2D eigenvalue weighted by Crippen LogP contribution is -2.40. The van der Waals surface area contributed by atoms with Gasteiger partial charge in [0.15, 0.2) is 5.78 Å². The van der Waals surface area contributed by atoms with Crippen LogP contribution in [0.2, 0.25) is 0 Å². The maximum absolute atomic E-state index is 14.0. The number of benzene rings is 3. The number of Topliss-reactive ketones (excluding diaryl/α,β-unsaturated/α-hetero) is 1. The molecule has 0 fully saturated rings. The first-order valence-corrected chi connectivity index (χ1v) is 14.3. The van der Waals surface area contributed by atoms with E-state index in [1.54, 1.807) is 17.0 Å². The molecule has 208 valence electrons. The molecule has 2 atom stereocenters. The molecule has 0 radical (unpaired) electrons. The Labute approximate surface area is 236 Å². The number of ether oxygens (including phenoxy) is 1. The van der Waals surface area contributed by atoms with Crippen LogP contribution in [0, 0.1) is 11.7 Å². The summed E-state index contributed by atoms with van der Waals surface area (Å²) in [6, 6.07) is 21.3. The third kappa shape index (κ3) is 5.67. The van der Waals surface area contributed by atoms with Crippen molar-refractivity contribution in [1.29, 1.82) is 0 Å². The molecular formula is C34H37FN2O3. The van der Waals surface area contributed by atoms with Crippen molar-refractivity contribution in [2.45, 2.75) is 64.8 Å². The van der Waals surface area contributed by atoms with Crippen LogP contribution in [0.15, 0.2) is 84.1 Å². The first-order valence-electron chi connectivity index (χ1n) is 14.3. The lowest BCUT2D eigenvalue weighted by Gasteiger charge is -2.36. The van der Waals surface area contributed by atoms with E-state index in [2.05, 4.69) is 12.2 Å². The fraction of sp³-hybridized carbons (Fsp3) is 0.353. The molecule has 0 aromatic heterocycles. The Morgan fingerprint density at radius 3 is 2.38 bits per heavy atom. The monoisotopic (exact) mass is 540 g/mol. The first kappa shape index (κ1) is 27.6. The number of para-hydroxylation sites is 2. The normalized spacial score (nSPS) is 18.6. The van der Waals surface area contributed by atoms with Gasteiger partial charge in [0.1, 0.15) is 11.6 Å². The van der Waals surface area contributed by atoms with Crippen molar-refractivity contribution in [3.05, 3.63) is 101 Å². The van der Waals surface area contributed by atoms with Crippen molar-refractivity contribution in [2.24, 2.45) is 5.92 Å². The van der Waals surface area contributed by atoms with E-state index in [0.717, 1.165) is 53.2 Å². The number of carbonyl (C=O) groups excluding carboxylic acids is 2. The molecule has 1 aliphatic carbocycles. The van der Waals surface area contributed by atoms with Crippen molar-refractivity contribution in [3.63, 3.8) is 0 Å². The van der Waals surface area contributed by atoms with Crippen LogP contribution in [0.3, 0.4) is 0 Å². The summed E-state index contributed by atoms with van der Waals surface area (Å²) < 4.78 is 19.6. The zero-order chi connectivity index (χ0) is 28.2. The number of amides is 1. The van der Waals surface area contributed by atoms with Crippen LogP contribution < -0.4 is 15.0 Å². The number of allylic oxidation sites excluding steroid dienone is 1. The van der Waals surface area contributed by atoms with Gasteiger partial charge in [-0.2, -0.15) is 0 Å². The van der Waals surface area contributed by atoms with Gasteiger partial charge >= 0.3 is 0 Å². The summed E-state index contributed by atoms with van der Waals surface area (Å²) in [7, 11) is 0. The quantitative estimate of drug-likeness (QED) is 0.295. The predicted molar refractivity (Wildman–Crippen MR) is 157 cm³/mol. The van der Waals surface area contributed by atoms with Crippen LogP contribution in [-0.2, 0) is 9.59 Å². The number of nitrogens with zero attached hydrogens (tertiary/aromatic N) is 1. The van der Waals surface area contributed by atoms with Crippen molar-refractivity contribution < 1.29 is 18.7 Å². The van der Waals surface area contributed by atoms with Gasteiger partial charge < -0.3 is 10.1 Å². The van der Waals surface area contributed by atoms with Crippen LogP contribution in [0.25, 0.3) is 0 Å². The summed E-state index contributed by atoms with van der Waals surface area (Å²) in [5, 5.41) is 3.54. The number of rotatable bonds is 8. The molecule has 1 amide bonds. The smallest absolute Gasteiger partial charge is 0.230 e. The van der Waals surface area contributed by atoms with Crippen molar-refractivity contribution >= 4 is 23.1 Å². The molecule has 0 bridgehead atoms. The summed E-state index contributed by atoms with van der Waals surface area (Å²) >= 11 is 0. The van der Waals surface area contributed by atoms with E-state index in [4.69, 9.17) is 4.74 Å². The molecule has 0 saturated carbocycles. The van der Waals surface area contributed by atoms with Gasteiger partial charge in [-0.15, -0.1) is 0 Å². The van der Waals surface area contributed by atoms with Gasteiger partial charge in [-0.1, -0.05) is 70.0 Å². The Hall–Kier alpha value is -3.93. The van der Waals surface area contributed by atoms with Gasteiger partial charge in [0.25, 0.3) is 0 Å². The molecule has 1 aliphatic heterocycles. The second kappa shape index (κ2) is 12.1. The highest BCUT2D eigenvalue weighted by atomic mass is 19.1. The van der Waals surface area contributed by atoms with Crippen molar-refractivity contribution in [2.75, 3.05) is 16.8 Å². The Bertz CT molecular complexity index is 1400. The molecule has 5 nitrogen and oxygen atoms in total. The summed E-state index contributed by atoms with van der Waals surface area (Å²) in [6.07, 6.45) is 4.13. The Morgan fingerprint density at radius 2 is 1.68 bits per heavy atom. The van der Waals surface area contributed by atoms with E-state index in [9.17, 15) is 14.0 Å². The second-order valence-electron chi connectivity index (χ2n) is 11.0. The van der Waals surface area contributed by atoms with Crippen LogP contribution >= 0.6 is 0 Å². The second-order valence-corrected chi connectivity index (χ2v) is 11.0. The third-order valence-corrected chi connectivity index (χ3v) is 7.77. The Kier molecular flexibility index (Phi) is 8.34. The lowest BCUT2D eigenvalue weighted by molar-refractivity contribution is -0.121. The SMILES string of the molecule is CCCCCOc1ccc(C2C3=C(CC(c4ccc(F)cc4)CC3=O)Nc3ccccc3N2C(=O)C(C)C)cc1. The molecular weight excluding hydrogens is 503 g/mol. The van der Waals surface area contributed by atoms with Gasteiger partial charge in [-0.3, -0.25) is 14.5 Å². The van der Waals surface area contributed by atoms with Crippen LogP contribution in [0.5, 0.6) is 5.75 Å². The van der Waals surface area contributed by atoms with Crippen molar-refractivity contribution in [1.82, 2.24) is 0 Å². The first-order chi connectivity index (χ1) is 19.4. The van der Waals surface area contributed by atoms with Crippen LogP contribution in [0.4, 0.5) is 15.8 Å². The predicted octanol–water partition coefficient (Wildman–Crippen LogP) is 7.95. The average molecular weight is 541 g/mol. The van der Waals surface area contributed by atoms with Crippen molar-refractivity contribution in [3.8, 4) is 5.75 Å². The fourth-order valence-corrected chi connectivity index (χ4v) is 5.69. The highest BCUT2D eigenvalue weighted by molar-refractivity contribution is 6.06. The minimum Gasteiger partial charge on any atom is -0.494 e. The number of ketones is 1. The van der Waals surface area contributed by atoms with Gasteiger partial charge in [0.05, 0.1) is 24.0 Å². The number of hydrogen-bond acceptors (Lipinski definition) is 4. The Morgan fingerprint density at radius 1 is 0.975 bits per heavy atom. The number of fused-ring (bicyclic) bond motifs is 1. The maximum Gasteiger partial charge on any atom is 0.230 e. The molecule has 3 aromatic rings. The van der Waals surface area contributed by atoms with Crippen LogP contribution in [0.1, 0.15) is 76.0 Å². The maximum atomic E-state index is 14.0. The molecule has 0 saturated heterocycles. The molecule has 0 spiro atoms. The van der Waals surface area contributed by atoms with E-state index in [-0.39, 0.29) is 29.3 Å². The summed E-state index contributed by atoms with van der Waals surface area (Å²) in [5.41, 5.74) is 4.73. The largest absolute Gasteiger partial charge is 0.494 e. The van der Waals surface area contributed by atoms with E-state index in [1.165, 1.54) is 12.1 Å². The van der Waals surface area contributed by atoms with Gasteiger partial charge in [0, 0.05) is 23.6 Å². The summed E-state index contributed by atoms with van der Waals surface area (Å²) in [5.74, 6) is 0.0499. The van der Waals surface area contributed by atoms with E-state index in [1.807, 2.05) is 62.4 Å². The molecule has 2 unspecified atom stereocenters. The van der Waals surface area contributed by atoms with Gasteiger partial charge in [-0.25, -0.2) is 4.39 Å². The molecule has 5 rings (SSSR count). The van der Waals surface area contributed by atoms with Gasteiger partial charge in [0.2, 0.25) is 5.91 Å². The highest BCUT2D eigenvalue weighted by Gasteiger charge is 2.42. The molecule has 40 heavy (non-hydrogen) atoms. The summed E-state index contributed by atoms with van der Waals surface area (Å²) in [4.78, 5) is 29.7. The number of nitrogens with one attached hydrogen (secondary N) is 1. The third-order valence-electron chi connectivity index (χ3n) is 7.77. The highest BCUT2D eigenvalue weighted by Crippen LogP contribution is 2.48. The number of anilines is 2. The average Bonchev–Trinajstić information content (AvgIpc) is 3.10. The minimum atomic E-state index is -0.586. The van der Waals surface area contributed by atoms with Gasteiger partial charge in [-0.05, 0) is 66.3 Å². The lowest BCUT2D eigenvalue weighted by atomic mass is 9.78. The zero-order valence-corrected chi connectivity index (χ0v) is 23.5. The van der Waals surface area contributed by atoms with E-state index < -0.39 is 6.04 Å². The van der Waals surface area contributed by atoms with E-state index >= 15 is 0 Å². The number of halogens is 1. The topological polar surface area (TPSA) is 58.6 Å². The number of unbranched alkanes of at least 4 members (excludes halogenated alkanes) is 2. The number of hydrogen-bond donors (Lipinski definition) is 1. The number of carbonyl (C=O) groups is 2.